The van der Waals surface area contributed by atoms with Crippen LogP contribution in [0.25, 0.3) is 0 Å². The monoisotopic (exact) mass is 312 g/mol. The molecule has 0 radical (unpaired) electrons. The Bertz CT molecular complexity index is 502. The van der Waals surface area contributed by atoms with Gasteiger partial charge in [-0.15, -0.1) is 12.4 Å². The standard InChI is InChI=1S/C9H16N4O4S.ClH/c1-2-17-9(14)7-6-11-13-8(7)18(15,16)12-5-3-4-10;/h6,12H,2-5,10H2,1H3,(H,11,13);1H. The summed E-state index contributed by atoms with van der Waals surface area (Å²) in [6, 6.07) is 0. The van der Waals surface area contributed by atoms with Crippen molar-refractivity contribution in [3.05, 3.63) is 11.8 Å². The van der Waals surface area contributed by atoms with E-state index in [1.807, 2.05) is 0 Å². The number of aromatic amines is 1. The van der Waals surface area contributed by atoms with Gasteiger partial charge in [0.2, 0.25) is 0 Å². The minimum Gasteiger partial charge on any atom is -0.462 e. The fourth-order valence-electron chi connectivity index (χ4n) is 1.21. The maximum absolute atomic E-state index is 11.9. The van der Waals surface area contributed by atoms with Gasteiger partial charge in [-0.25, -0.2) is 17.9 Å². The molecule has 10 heteroatoms. The number of nitrogens with zero attached hydrogens (tertiary/aromatic N) is 1. The third-order valence-electron chi connectivity index (χ3n) is 2.04. The van der Waals surface area contributed by atoms with Crippen molar-refractivity contribution >= 4 is 28.4 Å². The molecule has 0 amide bonds. The highest BCUT2D eigenvalue weighted by Gasteiger charge is 2.25. The Balaban J connectivity index is 0.00000324. The van der Waals surface area contributed by atoms with Crippen LogP contribution < -0.4 is 10.5 Å². The average molecular weight is 313 g/mol. The van der Waals surface area contributed by atoms with Gasteiger partial charge < -0.3 is 10.5 Å². The first-order chi connectivity index (χ1) is 8.53. The van der Waals surface area contributed by atoms with E-state index in [1.165, 1.54) is 0 Å². The number of rotatable bonds is 7. The van der Waals surface area contributed by atoms with E-state index in [-0.39, 0.29) is 36.1 Å². The fourth-order valence-corrected chi connectivity index (χ4v) is 2.37. The normalized spacial score (nSPS) is 10.8. The second kappa shape index (κ2) is 8.10. The maximum atomic E-state index is 11.9. The molecule has 0 aliphatic rings. The quantitative estimate of drug-likeness (QED) is 0.466. The molecule has 1 rings (SSSR count). The lowest BCUT2D eigenvalue weighted by atomic mass is 10.4. The number of carbonyl (C=O) groups is 1. The molecule has 0 saturated carbocycles. The van der Waals surface area contributed by atoms with Crippen molar-refractivity contribution in [2.24, 2.45) is 5.73 Å². The third kappa shape index (κ3) is 4.78. The first-order valence-corrected chi connectivity index (χ1v) is 6.91. The van der Waals surface area contributed by atoms with Gasteiger partial charge in [-0.2, -0.15) is 5.10 Å². The number of H-pyrrole nitrogens is 1. The first-order valence-electron chi connectivity index (χ1n) is 5.43. The van der Waals surface area contributed by atoms with Gasteiger partial charge in [0.05, 0.1) is 12.8 Å². The number of nitrogens with two attached hydrogens (primary N) is 1. The predicted molar refractivity (Wildman–Crippen MR) is 70.7 cm³/mol. The van der Waals surface area contributed by atoms with Crippen molar-refractivity contribution in [1.29, 1.82) is 0 Å². The second-order valence-corrected chi connectivity index (χ2v) is 5.08. The van der Waals surface area contributed by atoms with Gasteiger partial charge in [0.15, 0.2) is 5.03 Å². The first kappa shape index (κ1) is 17.8. The number of aromatic nitrogens is 2. The van der Waals surface area contributed by atoms with Crippen molar-refractivity contribution < 1.29 is 17.9 Å². The number of ether oxygens (including phenoxy) is 1. The fraction of sp³-hybridized carbons (Fsp3) is 0.556. The zero-order valence-corrected chi connectivity index (χ0v) is 12.0. The van der Waals surface area contributed by atoms with Gasteiger partial charge in [0.25, 0.3) is 10.0 Å². The number of hydrogen-bond acceptors (Lipinski definition) is 6. The summed E-state index contributed by atoms with van der Waals surface area (Å²) in [6.45, 7) is 2.35. The predicted octanol–water partition coefficient (Wildman–Crippen LogP) is -0.365. The lowest BCUT2D eigenvalue weighted by molar-refractivity contribution is 0.0522. The smallest absolute Gasteiger partial charge is 0.342 e. The molecular formula is C9H17ClN4O4S. The van der Waals surface area contributed by atoms with Crippen LogP contribution in [0.3, 0.4) is 0 Å². The van der Waals surface area contributed by atoms with Crippen molar-refractivity contribution in [2.45, 2.75) is 18.4 Å². The molecule has 0 bridgehead atoms. The highest BCUT2D eigenvalue weighted by atomic mass is 35.5. The number of halogens is 1. The Morgan fingerprint density at radius 1 is 1.58 bits per heavy atom. The molecule has 0 atom stereocenters. The van der Waals surface area contributed by atoms with Crippen LogP contribution in [0, 0.1) is 0 Å². The molecule has 1 heterocycles. The van der Waals surface area contributed by atoms with Crippen molar-refractivity contribution in [3.8, 4) is 0 Å². The summed E-state index contributed by atoms with van der Waals surface area (Å²) in [5.41, 5.74) is 5.15. The number of carbonyl (C=O) groups excluding carboxylic acids is 1. The van der Waals surface area contributed by atoms with Gasteiger partial charge in [-0.05, 0) is 19.9 Å². The molecule has 0 saturated heterocycles. The minimum absolute atomic E-state index is 0. The maximum Gasteiger partial charge on any atom is 0.342 e. The summed E-state index contributed by atoms with van der Waals surface area (Å²) in [7, 11) is -3.81. The summed E-state index contributed by atoms with van der Waals surface area (Å²) < 4.78 is 30.8. The number of hydrogen-bond donors (Lipinski definition) is 3. The van der Waals surface area contributed by atoms with E-state index in [9.17, 15) is 13.2 Å². The Kier molecular flexibility index (Phi) is 7.61. The Labute approximate surface area is 117 Å². The molecule has 0 fully saturated rings. The van der Waals surface area contributed by atoms with Crippen LogP contribution in [0.5, 0.6) is 0 Å². The molecule has 0 aliphatic carbocycles. The molecule has 8 nitrogen and oxygen atoms in total. The highest BCUT2D eigenvalue weighted by Crippen LogP contribution is 2.12. The van der Waals surface area contributed by atoms with Crippen LogP contribution in [0.1, 0.15) is 23.7 Å². The molecule has 0 unspecified atom stereocenters. The van der Waals surface area contributed by atoms with Gasteiger partial charge in [-0.1, -0.05) is 0 Å². The number of nitrogens with one attached hydrogen (secondary N) is 2. The molecule has 0 spiro atoms. The van der Waals surface area contributed by atoms with E-state index in [4.69, 9.17) is 10.5 Å². The molecule has 0 aromatic carbocycles. The Hall–Kier alpha value is -1.16. The largest absolute Gasteiger partial charge is 0.462 e. The van der Waals surface area contributed by atoms with Crippen LogP contribution in [0.15, 0.2) is 11.2 Å². The molecule has 0 aliphatic heterocycles. The van der Waals surface area contributed by atoms with E-state index in [0.29, 0.717) is 13.0 Å². The van der Waals surface area contributed by atoms with Crippen LogP contribution >= 0.6 is 12.4 Å². The van der Waals surface area contributed by atoms with Crippen molar-refractivity contribution in [1.82, 2.24) is 14.9 Å². The van der Waals surface area contributed by atoms with E-state index in [0.717, 1.165) is 6.20 Å². The lowest BCUT2D eigenvalue weighted by Gasteiger charge is -2.06. The minimum atomic E-state index is -3.81. The van der Waals surface area contributed by atoms with Crippen LogP contribution in [-0.2, 0) is 14.8 Å². The Morgan fingerprint density at radius 3 is 2.84 bits per heavy atom. The van der Waals surface area contributed by atoms with E-state index in [1.54, 1.807) is 6.92 Å². The van der Waals surface area contributed by atoms with Crippen molar-refractivity contribution in [2.75, 3.05) is 19.7 Å². The van der Waals surface area contributed by atoms with E-state index >= 15 is 0 Å². The lowest BCUT2D eigenvalue weighted by Crippen LogP contribution is -2.28. The SMILES string of the molecule is CCOC(=O)c1cn[nH]c1S(=O)(=O)NCCCN.Cl. The third-order valence-corrected chi connectivity index (χ3v) is 3.47. The topological polar surface area (TPSA) is 127 Å². The molecule has 1 aromatic heterocycles. The van der Waals surface area contributed by atoms with Gasteiger partial charge in [0.1, 0.15) is 5.56 Å². The Morgan fingerprint density at radius 2 is 2.26 bits per heavy atom. The second-order valence-electron chi connectivity index (χ2n) is 3.37. The molecule has 4 N–H and O–H groups in total. The summed E-state index contributed by atoms with van der Waals surface area (Å²) in [4.78, 5) is 11.5. The summed E-state index contributed by atoms with van der Waals surface area (Å²) in [5, 5.41) is 5.54. The average Bonchev–Trinajstić information content (AvgIpc) is 2.79. The molecule has 110 valence electrons. The summed E-state index contributed by atoms with van der Waals surface area (Å²) in [5.74, 6) is -0.731. The van der Waals surface area contributed by atoms with Crippen molar-refractivity contribution in [3.63, 3.8) is 0 Å². The van der Waals surface area contributed by atoms with Gasteiger partial charge >= 0.3 is 5.97 Å². The number of esters is 1. The number of sulfonamides is 1. The summed E-state index contributed by atoms with van der Waals surface area (Å²) >= 11 is 0. The molecule has 19 heavy (non-hydrogen) atoms. The zero-order chi connectivity index (χ0) is 13.6. The van der Waals surface area contributed by atoms with Crippen LogP contribution in [-0.4, -0.2) is 44.3 Å². The van der Waals surface area contributed by atoms with Gasteiger partial charge in [-0.3, -0.25) is 5.10 Å². The van der Waals surface area contributed by atoms with E-state index in [2.05, 4.69) is 14.9 Å². The van der Waals surface area contributed by atoms with Crippen LogP contribution in [0.2, 0.25) is 0 Å². The van der Waals surface area contributed by atoms with Crippen LogP contribution in [0.4, 0.5) is 0 Å². The summed E-state index contributed by atoms with van der Waals surface area (Å²) in [6.07, 6.45) is 1.62. The molecule has 1 aromatic rings. The van der Waals surface area contributed by atoms with Gasteiger partial charge in [0, 0.05) is 6.54 Å². The zero-order valence-electron chi connectivity index (χ0n) is 10.4. The highest BCUT2D eigenvalue weighted by molar-refractivity contribution is 7.89. The van der Waals surface area contributed by atoms with E-state index < -0.39 is 16.0 Å². The molecular weight excluding hydrogens is 296 g/mol.